The lowest BCUT2D eigenvalue weighted by molar-refractivity contribution is -0.274. The highest BCUT2D eigenvalue weighted by molar-refractivity contribution is 7.17. The van der Waals surface area contributed by atoms with Crippen LogP contribution in [-0.2, 0) is 11.3 Å². The molecule has 0 unspecified atom stereocenters. The normalized spacial score (nSPS) is 13.2. The fraction of sp³-hybridized carbons (Fsp3) is 0.250. The summed E-state index contributed by atoms with van der Waals surface area (Å²) in [5.74, 6) is 1.09. The Labute approximate surface area is 248 Å². The minimum Gasteiger partial charge on any atom is -0.496 e. The summed E-state index contributed by atoms with van der Waals surface area (Å²) in [5, 5.41) is 6.75. The second-order valence-electron chi connectivity index (χ2n) is 9.92. The maximum atomic E-state index is 13.1. The van der Waals surface area contributed by atoms with Crippen molar-refractivity contribution in [1.82, 2.24) is 5.16 Å². The van der Waals surface area contributed by atoms with Crippen LogP contribution in [-0.4, -0.2) is 31.2 Å². The van der Waals surface area contributed by atoms with Crippen molar-refractivity contribution >= 4 is 27.4 Å². The van der Waals surface area contributed by atoms with Crippen LogP contribution >= 0.6 is 11.3 Å². The zero-order valence-electron chi connectivity index (χ0n) is 23.2. The average Bonchev–Trinajstić information content (AvgIpc) is 3.60. The van der Waals surface area contributed by atoms with Crippen LogP contribution in [0.15, 0.2) is 70.6 Å². The number of nitrogens with zero attached hydrogens (tertiary/aromatic N) is 1. The zero-order chi connectivity index (χ0) is 30.1. The highest BCUT2D eigenvalue weighted by Gasteiger charge is 2.36. The molecule has 0 N–H and O–H groups in total. The van der Waals surface area contributed by atoms with E-state index >= 15 is 0 Å². The second kappa shape index (κ2) is 11.6. The van der Waals surface area contributed by atoms with Gasteiger partial charge in [-0.25, -0.2) is 4.79 Å². The highest BCUT2D eigenvalue weighted by atomic mass is 32.1. The standard InChI is InChI=1S/C32H26F3NO6S/c1-3-39-31(37)25-17-43-28-14-19(10-12-22(25)28)21-13-11-20(15-27(21)38-2)40-16-24-29(36-42-30(24)18-8-9-18)23-6-4-5-7-26(23)41-32(33,34)35/h4-7,10-15,17-18H,3,8-9,16H2,1-2H3. The van der Waals surface area contributed by atoms with Crippen molar-refractivity contribution in [3.63, 3.8) is 0 Å². The van der Waals surface area contributed by atoms with Gasteiger partial charge in [-0.2, -0.15) is 0 Å². The van der Waals surface area contributed by atoms with E-state index in [9.17, 15) is 18.0 Å². The molecule has 0 bridgehead atoms. The van der Waals surface area contributed by atoms with Crippen molar-refractivity contribution in [1.29, 1.82) is 0 Å². The molecule has 0 aliphatic heterocycles. The van der Waals surface area contributed by atoms with Crippen LogP contribution in [0.5, 0.6) is 17.2 Å². The first kappa shape index (κ1) is 28.6. The molecule has 43 heavy (non-hydrogen) atoms. The number of esters is 1. The van der Waals surface area contributed by atoms with Crippen LogP contribution in [0.1, 0.15) is 47.4 Å². The van der Waals surface area contributed by atoms with E-state index in [0.29, 0.717) is 35.0 Å². The molecule has 3 aromatic carbocycles. The number of rotatable bonds is 10. The van der Waals surface area contributed by atoms with Crippen LogP contribution < -0.4 is 14.2 Å². The second-order valence-corrected chi connectivity index (χ2v) is 10.8. The number of carbonyl (C=O) groups excluding carboxylic acids is 1. The number of alkyl halides is 3. The van der Waals surface area contributed by atoms with Gasteiger partial charge in [0.05, 0.1) is 24.8 Å². The number of aromatic nitrogens is 1. The van der Waals surface area contributed by atoms with Gasteiger partial charge in [0, 0.05) is 38.6 Å². The van der Waals surface area contributed by atoms with E-state index in [0.717, 1.165) is 34.1 Å². The van der Waals surface area contributed by atoms with E-state index in [-0.39, 0.29) is 35.5 Å². The molecule has 0 atom stereocenters. The summed E-state index contributed by atoms with van der Waals surface area (Å²) < 4.78 is 67.1. The van der Waals surface area contributed by atoms with Gasteiger partial charge in [0.1, 0.15) is 35.3 Å². The number of thiophene rings is 1. The Balaban J connectivity index is 1.27. The zero-order valence-corrected chi connectivity index (χ0v) is 24.0. The molecule has 0 radical (unpaired) electrons. The first-order valence-corrected chi connectivity index (χ1v) is 14.5. The van der Waals surface area contributed by atoms with E-state index in [2.05, 4.69) is 9.89 Å². The predicted molar refractivity (Wildman–Crippen MR) is 155 cm³/mol. The summed E-state index contributed by atoms with van der Waals surface area (Å²) in [6.07, 6.45) is -3.05. The van der Waals surface area contributed by atoms with Crippen LogP contribution in [0.2, 0.25) is 0 Å². The molecule has 0 amide bonds. The lowest BCUT2D eigenvalue weighted by atomic mass is 10.0. The van der Waals surface area contributed by atoms with Gasteiger partial charge in [-0.15, -0.1) is 24.5 Å². The first-order valence-electron chi connectivity index (χ1n) is 13.6. The molecular formula is C32H26F3NO6S. The number of halogens is 3. The third kappa shape index (κ3) is 6.03. The molecule has 1 saturated carbocycles. The predicted octanol–water partition coefficient (Wildman–Crippen LogP) is 8.76. The van der Waals surface area contributed by atoms with Gasteiger partial charge in [0.15, 0.2) is 0 Å². The lowest BCUT2D eigenvalue weighted by Crippen LogP contribution is -2.17. The summed E-state index contributed by atoms with van der Waals surface area (Å²) in [6.45, 7) is 2.10. The average molecular weight is 610 g/mol. The first-order chi connectivity index (χ1) is 20.8. The molecule has 1 aliphatic rings. The van der Waals surface area contributed by atoms with Gasteiger partial charge in [-0.3, -0.25) is 0 Å². The third-order valence-electron chi connectivity index (χ3n) is 7.07. The Morgan fingerprint density at radius 3 is 2.60 bits per heavy atom. The number of hydrogen-bond donors (Lipinski definition) is 0. The Bertz CT molecular complexity index is 1790. The molecular weight excluding hydrogens is 583 g/mol. The molecule has 2 aromatic heterocycles. The summed E-state index contributed by atoms with van der Waals surface area (Å²) in [4.78, 5) is 12.3. The van der Waals surface area contributed by atoms with Gasteiger partial charge in [-0.05, 0) is 55.7 Å². The molecule has 0 spiro atoms. The number of fused-ring (bicyclic) bond motifs is 1. The smallest absolute Gasteiger partial charge is 0.496 e. The van der Waals surface area contributed by atoms with Crippen molar-refractivity contribution in [2.75, 3.05) is 13.7 Å². The molecule has 1 fully saturated rings. The minimum absolute atomic E-state index is 0.0192. The Morgan fingerprint density at radius 2 is 1.86 bits per heavy atom. The number of hydrogen-bond acceptors (Lipinski definition) is 8. The fourth-order valence-electron chi connectivity index (χ4n) is 4.93. The number of methoxy groups -OCH3 is 1. The monoisotopic (exact) mass is 609 g/mol. The lowest BCUT2D eigenvalue weighted by Gasteiger charge is -2.14. The summed E-state index contributed by atoms with van der Waals surface area (Å²) in [7, 11) is 1.56. The van der Waals surface area contributed by atoms with Crippen molar-refractivity contribution in [2.24, 2.45) is 0 Å². The fourth-order valence-corrected chi connectivity index (χ4v) is 5.90. The third-order valence-corrected chi connectivity index (χ3v) is 8.02. The highest BCUT2D eigenvalue weighted by Crippen LogP contribution is 2.46. The van der Waals surface area contributed by atoms with Crippen molar-refractivity contribution < 1.29 is 41.4 Å². The van der Waals surface area contributed by atoms with E-state index in [1.807, 2.05) is 24.3 Å². The maximum Gasteiger partial charge on any atom is 0.573 e. The minimum atomic E-state index is -4.86. The van der Waals surface area contributed by atoms with Gasteiger partial charge in [0.25, 0.3) is 0 Å². The number of benzene rings is 3. The Kier molecular flexibility index (Phi) is 7.74. The van der Waals surface area contributed by atoms with Crippen LogP contribution in [0, 0.1) is 0 Å². The SMILES string of the molecule is CCOC(=O)c1csc2cc(-c3ccc(OCc4c(-c5ccccc5OC(F)(F)F)noc4C4CC4)cc3OC)ccc12. The van der Waals surface area contributed by atoms with E-state index in [4.69, 9.17) is 18.7 Å². The molecule has 5 aromatic rings. The molecule has 1 aliphatic carbocycles. The summed E-state index contributed by atoms with van der Waals surface area (Å²) in [6, 6.07) is 17.1. The molecule has 11 heteroatoms. The number of para-hydroxylation sites is 1. The topological polar surface area (TPSA) is 80.0 Å². The molecule has 222 valence electrons. The quantitative estimate of drug-likeness (QED) is 0.146. The van der Waals surface area contributed by atoms with E-state index < -0.39 is 6.36 Å². The summed E-state index contributed by atoms with van der Waals surface area (Å²) >= 11 is 1.46. The Hall–Kier alpha value is -4.51. The Morgan fingerprint density at radius 1 is 1.05 bits per heavy atom. The van der Waals surface area contributed by atoms with E-state index in [1.165, 1.54) is 29.5 Å². The van der Waals surface area contributed by atoms with Crippen molar-refractivity contribution in [3.8, 4) is 39.6 Å². The maximum absolute atomic E-state index is 13.1. The van der Waals surface area contributed by atoms with Crippen molar-refractivity contribution in [3.05, 3.63) is 82.9 Å². The number of ether oxygens (including phenoxy) is 4. The van der Waals surface area contributed by atoms with Crippen molar-refractivity contribution in [2.45, 2.75) is 38.7 Å². The van der Waals surface area contributed by atoms with Gasteiger partial charge in [-0.1, -0.05) is 29.4 Å². The summed E-state index contributed by atoms with van der Waals surface area (Å²) in [5.41, 5.74) is 3.24. The van der Waals surface area contributed by atoms with Crippen LogP contribution in [0.4, 0.5) is 13.2 Å². The largest absolute Gasteiger partial charge is 0.573 e. The number of carbonyl (C=O) groups is 1. The molecule has 2 heterocycles. The van der Waals surface area contributed by atoms with Crippen LogP contribution in [0.3, 0.4) is 0 Å². The van der Waals surface area contributed by atoms with Gasteiger partial charge in [0.2, 0.25) is 0 Å². The van der Waals surface area contributed by atoms with E-state index in [1.54, 1.807) is 37.6 Å². The van der Waals surface area contributed by atoms with Crippen LogP contribution in [0.25, 0.3) is 32.5 Å². The van der Waals surface area contributed by atoms with Gasteiger partial charge >= 0.3 is 12.3 Å². The molecule has 6 rings (SSSR count). The van der Waals surface area contributed by atoms with Gasteiger partial charge < -0.3 is 23.5 Å². The molecule has 0 saturated heterocycles. The molecule has 7 nitrogen and oxygen atoms in total.